The van der Waals surface area contributed by atoms with E-state index in [1.807, 2.05) is 0 Å². The van der Waals surface area contributed by atoms with Gasteiger partial charge in [-0.25, -0.2) is 0 Å². The fourth-order valence-electron chi connectivity index (χ4n) is 1.08. The molecule has 95 valence electrons. The maximum Gasteiger partial charge on any atom is 0.416 e. The van der Waals surface area contributed by atoms with E-state index in [9.17, 15) is 31.4 Å². The van der Waals surface area contributed by atoms with Crippen molar-refractivity contribution < 1.29 is 36.2 Å². The number of hydrogen-bond donors (Lipinski definition) is 0. The van der Waals surface area contributed by atoms with E-state index >= 15 is 0 Å². The summed E-state index contributed by atoms with van der Waals surface area (Å²) in [5.41, 5.74) is -3.04. The van der Waals surface area contributed by atoms with E-state index in [-0.39, 0.29) is 6.07 Å². The predicted octanol–water partition coefficient (Wildman–Crippen LogP) is 3.49. The highest BCUT2D eigenvalue weighted by molar-refractivity contribution is 5.37. The van der Waals surface area contributed by atoms with Crippen molar-refractivity contribution in [3.63, 3.8) is 0 Å². The van der Waals surface area contributed by atoms with Gasteiger partial charge in [0.05, 0.1) is 11.1 Å². The normalized spacial score (nSPS) is 12.6. The highest BCUT2D eigenvalue weighted by Gasteiger charge is 2.37. The number of halogens is 6. The summed E-state index contributed by atoms with van der Waals surface area (Å²) in [7, 11) is 0. The number of benzene rings is 1. The molecular weight excluding hydrogens is 254 g/mol. The predicted molar refractivity (Wildman–Crippen MR) is 42.6 cm³/mol. The second kappa shape index (κ2) is 4.44. The molecule has 0 aliphatic heterocycles. The molecule has 0 aliphatic rings. The van der Waals surface area contributed by atoms with E-state index in [2.05, 4.69) is 4.74 Å². The lowest BCUT2D eigenvalue weighted by atomic mass is 10.1. The van der Waals surface area contributed by atoms with Crippen LogP contribution in [0.2, 0.25) is 0 Å². The third-order valence-corrected chi connectivity index (χ3v) is 1.79. The molecule has 0 saturated heterocycles. The van der Waals surface area contributed by atoms with Crippen molar-refractivity contribution in [2.24, 2.45) is 0 Å². The maximum atomic E-state index is 12.3. The molecule has 0 fully saturated rings. The van der Waals surface area contributed by atoms with Gasteiger partial charge in [-0.05, 0) is 18.2 Å². The van der Waals surface area contributed by atoms with E-state index in [1.165, 1.54) is 0 Å². The molecule has 0 aliphatic carbocycles. The number of ether oxygens (including phenoxy) is 1. The lowest BCUT2D eigenvalue weighted by Crippen LogP contribution is -2.11. The van der Waals surface area contributed by atoms with Crippen LogP contribution in [-0.2, 0) is 17.5 Å². The molecule has 0 aromatic heterocycles. The fraction of sp³-hybridized carbons (Fsp3) is 0.333. The van der Waals surface area contributed by atoms with E-state index in [4.69, 9.17) is 0 Å². The molecule has 0 spiro atoms. The second-order valence-corrected chi connectivity index (χ2v) is 3.00. The first kappa shape index (κ1) is 13.6. The third-order valence-electron chi connectivity index (χ3n) is 1.79. The van der Waals surface area contributed by atoms with Gasteiger partial charge in [0.2, 0.25) is 6.79 Å². The van der Waals surface area contributed by atoms with Crippen molar-refractivity contribution in [3.05, 3.63) is 29.3 Å². The topological polar surface area (TPSA) is 29.1 Å². The molecule has 0 unspecified atom stereocenters. The lowest BCUT2D eigenvalue weighted by Gasteiger charge is -2.13. The minimum absolute atomic E-state index is 0.0440. The molecule has 8 heteroatoms. The van der Waals surface area contributed by atoms with Crippen LogP contribution in [0.4, 0.5) is 26.3 Å². The van der Waals surface area contributed by atoms with Crippen LogP contribution in [0.15, 0.2) is 18.2 Å². The highest BCUT2D eigenvalue weighted by Crippen LogP contribution is 2.38. The van der Waals surface area contributed by atoms with Crippen LogP contribution in [0.1, 0.15) is 11.1 Å². The molecule has 1 rings (SSSR count). The molecule has 0 heterocycles. The van der Waals surface area contributed by atoms with E-state index in [0.717, 1.165) is 0 Å². The van der Waals surface area contributed by atoms with Crippen molar-refractivity contribution >= 4 is 0 Å². The van der Waals surface area contributed by atoms with Crippen molar-refractivity contribution in [1.82, 2.24) is 0 Å². The first-order valence-corrected chi connectivity index (χ1v) is 4.15. The maximum absolute atomic E-state index is 12.3. The Kier molecular flexibility index (Phi) is 3.56. The van der Waals surface area contributed by atoms with Crippen molar-refractivity contribution in [2.75, 3.05) is 6.79 Å². The SMILES string of the molecule is [O]COc1cc(C(F)(F)F)cc(C(F)(F)F)c1. The van der Waals surface area contributed by atoms with Crippen LogP contribution in [0, 0.1) is 0 Å². The minimum atomic E-state index is -4.94. The van der Waals surface area contributed by atoms with Gasteiger partial charge in [-0.15, -0.1) is 0 Å². The van der Waals surface area contributed by atoms with Crippen LogP contribution in [-0.4, -0.2) is 6.79 Å². The average Bonchev–Trinajstić information content (AvgIpc) is 2.15. The van der Waals surface area contributed by atoms with Gasteiger partial charge in [-0.1, -0.05) is 0 Å². The Morgan fingerprint density at radius 2 is 1.29 bits per heavy atom. The van der Waals surface area contributed by atoms with Crippen LogP contribution >= 0.6 is 0 Å². The molecule has 2 nitrogen and oxygen atoms in total. The molecule has 0 amide bonds. The zero-order valence-corrected chi connectivity index (χ0v) is 8.02. The summed E-state index contributed by atoms with van der Waals surface area (Å²) in [5, 5.41) is 10.0. The van der Waals surface area contributed by atoms with Gasteiger partial charge in [-0.2, -0.15) is 31.4 Å². The molecular formula is C9H5F6O2. The van der Waals surface area contributed by atoms with Crippen LogP contribution < -0.4 is 4.74 Å². The zero-order chi connectivity index (χ0) is 13.3. The van der Waals surface area contributed by atoms with Gasteiger partial charge in [0.15, 0.2) is 0 Å². The number of hydrogen-bond acceptors (Lipinski definition) is 1. The van der Waals surface area contributed by atoms with Crippen molar-refractivity contribution in [2.45, 2.75) is 12.4 Å². The fourth-order valence-corrected chi connectivity index (χ4v) is 1.08. The smallest absolute Gasteiger partial charge is 0.416 e. The second-order valence-electron chi connectivity index (χ2n) is 3.00. The molecule has 0 atom stereocenters. The summed E-state index contributed by atoms with van der Waals surface area (Å²) in [4.78, 5) is 0. The van der Waals surface area contributed by atoms with E-state index in [0.29, 0.717) is 12.1 Å². The summed E-state index contributed by atoms with van der Waals surface area (Å²) in [6.45, 7) is -1.27. The lowest BCUT2D eigenvalue weighted by molar-refractivity contribution is -0.143. The average molecular weight is 259 g/mol. The molecule has 1 radical (unpaired) electrons. The Bertz CT molecular complexity index is 363. The summed E-state index contributed by atoms with van der Waals surface area (Å²) < 4.78 is 77.8. The number of rotatable bonds is 2. The number of alkyl halides is 6. The third kappa shape index (κ3) is 3.52. The summed E-state index contributed by atoms with van der Waals surface area (Å²) in [5.74, 6) is -0.762. The van der Waals surface area contributed by atoms with E-state index < -0.39 is 36.0 Å². The molecule has 0 bridgehead atoms. The summed E-state index contributed by atoms with van der Waals surface area (Å²) in [6, 6.07) is 0.637. The van der Waals surface area contributed by atoms with E-state index in [1.54, 1.807) is 0 Å². The Morgan fingerprint density at radius 3 is 1.59 bits per heavy atom. The Labute approximate surface area is 91.4 Å². The first-order chi connectivity index (χ1) is 7.64. The van der Waals surface area contributed by atoms with Gasteiger partial charge < -0.3 is 4.74 Å². The quantitative estimate of drug-likeness (QED) is 0.590. The molecule has 1 aromatic rings. The van der Waals surface area contributed by atoms with Gasteiger partial charge >= 0.3 is 12.4 Å². The Hall–Kier alpha value is -1.44. The van der Waals surface area contributed by atoms with Crippen molar-refractivity contribution in [3.8, 4) is 5.75 Å². The minimum Gasteiger partial charge on any atom is -0.465 e. The van der Waals surface area contributed by atoms with Gasteiger partial charge in [0.25, 0.3) is 0 Å². The van der Waals surface area contributed by atoms with Crippen LogP contribution in [0.25, 0.3) is 0 Å². The molecule has 1 aromatic carbocycles. The van der Waals surface area contributed by atoms with Gasteiger partial charge in [0.1, 0.15) is 5.75 Å². The monoisotopic (exact) mass is 259 g/mol. The van der Waals surface area contributed by atoms with Crippen LogP contribution in [0.3, 0.4) is 0 Å². The van der Waals surface area contributed by atoms with Gasteiger partial charge in [0, 0.05) is 0 Å². The molecule has 17 heavy (non-hydrogen) atoms. The Balaban J connectivity index is 3.29. The zero-order valence-electron chi connectivity index (χ0n) is 8.02. The summed E-state index contributed by atoms with van der Waals surface area (Å²) >= 11 is 0. The largest absolute Gasteiger partial charge is 0.465 e. The first-order valence-electron chi connectivity index (χ1n) is 4.15. The van der Waals surface area contributed by atoms with Gasteiger partial charge in [-0.3, -0.25) is 0 Å². The molecule has 0 saturated carbocycles. The highest BCUT2D eigenvalue weighted by atomic mass is 19.4. The summed E-state index contributed by atoms with van der Waals surface area (Å²) in [6.07, 6.45) is -9.88. The van der Waals surface area contributed by atoms with Crippen molar-refractivity contribution in [1.29, 1.82) is 0 Å². The Morgan fingerprint density at radius 1 is 0.882 bits per heavy atom. The van der Waals surface area contributed by atoms with Crippen LogP contribution in [0.5, 0.6) is 5.75 Å². The standard InChI is InChI=1S/C9H5F6O2/c10-8(11,12)5-1-6(9(13,14)15)3-7(2-5)17-4-16/h1-3H,4H2. The molecule has 0 N–H and O–H groups in total.